The number of rotatable bonds is 5. The number of benzene rings is 3. The molecule has 1 saturated heterocycles. The van der Waals surface area contributed by atoms with Gasteiger partial charge in [0.25, 0.3) is 5.91 Å². The first kappa shape index (κ1) is 22.8. The van der Waals surface area contributed by atoms with Crippen molar-refractivity contribution in [1.82, 2.24) is 9.21 Å². The smallest absolute Gasteiger partial charge is 0.258 e. The summed E-state index contributed by atoms with van der Waals surface area (Å²) in [4.78, 5) is 17.4. The molecule has 0 aliphatic carbocycles. The summed E-state index contributed by atoms with van der Waals surface area (Å²) in [7, 11) is -3.58. The second kappa shape index (κ2) is 9.70. The van der Waals surface area contributed by atoms with Crippen molar-refractivity contribution >= 4 is 21.6 Å². The van der Waals surface area contributed by atoms with Gasteiger partial charge in [-0.3, -0.25) is 9.69 Å². The van der Waals surface area contributed by atoms with Crippen molar-refractivity contribution in [1.29, 1.82) is 0 Å². The van der Waals surface area contributed by atoms with E-state index in [4.69, 9.17) is 0 Å². The zero-order chi connectivity index (χ0) is 23.5. The first-order chi connectivity index (χ1) is 16.5. The predicted molar refractivity (Wildman–Crippen MR) is 133 cm³/mol. The molecule has 6 nitrogen and oxygen atoms in total. The minimum absolute atomic E-state index is 0.0494. The quantitative estimate of drug-likeness (QED) is 0.563. The van der Waals surface area contributed by atoms with Crippen molar-refractivity contribution in [3.8, 4) is 0 Å². The first-order valence-corrected chi connectivity index (χ1v) is 13.2. The summed E-state index contributed by atoms with van der Waals surface area (Å²) in [5.74, 6) is -0.0494. The lowest BCUT2D eigenvalue weighted by atomic mass is 10.0. The molecular formula is C27H29N3O3S. The highest BCUT2D eigenvalue weighted by molar-refractivity contribution is 7.89. The average molecular weight is 476 g/mol. The van der Waals surface area contributed by atoms with E-state index in [1.807, 2.05) is 48.5 Å². The van der Waals surface area contributed by atoms with Gasteiger partial charge in [-0.15, -0.1) is 0 Å². The van der Waals surface area contributed by atoms with Crippen molar-refractivity contribution in [3.05, 3.63) is 95.6 Å². The van der Waals surface area contributed by atoms with E-state index in [9.17, 15) is 13.2 Å². The molecule has 3 aromatic carbocycles. The molecular weight excluding hydrogens is 446 g/mol. The van der Waals surface area contributed by atoms with Crippen LogP contribution >= 0.6 is 0 Å². The summed E-state index contributed by atoms with van der Waals surface area (Å²) in [6.07, 6.45) is 1.58. The van der Waals surface area contributed by atoms with Crippen LogP contribution in [0.25, 0.3) is 0 Å². The zero-order valence-electron chi connectivity index (χ0n) is 19.1. The molecule has 0 unspecified atom stereocenters. The Hall–Kier alpha value is -3.00. The maximum Gasteiger partial charge on any atom is 0.258 e. The van der Waals surface area contributed by atoms with Gasteiger partial charge in [0.2, 0.25) is 10.0 Å². The summed E-state index contributed by atoms with van der Waals surface area (Å²) < 4.78 is 28.4. The van der Waals surface area contributed by atoms with E-state index < -0.39 is 10.0 Å². The van der Waals surface area contributed by atoms with E-state index in [0.29, 0.717) is 43.2 Å². The van der Waals surface area contributed by atoms with Crippen molar-refractivity contribution in [2.24, 2.45) is 0 Å². The minimum atomic E-state index is -3.58. The lowest BCUT2D eigenvalue weighted by molar-refractivity contribution is 0.0985. The molecule has 2 aliphatic rings. The molecule has 34 heavy (non-hydrogen) atoms. The van der Waals surface area contributed by atoms with E-state index in [1.165, 1.54) is 5.56 Å². The van der Waals surface area contributed by atoms with Gasteiger partial charge >= 0.3 is 0 Å². The number of piperazine rings is 1. The van der Waals surface area contributed by atoms with E-state index in [2.05, 4.69) is 17.0 Å². The van der Waals surface area contributed by atoms with E-state index in [-0.39, 0.29) is 5.91 Å². The number of carbonyl (C=O) groups is 1. The third-order valence-corrected chi connectivity index (χ3v) is 8.55. The number of nitrogens with zero attached hydrogens (tertiary/aromatic N) is 3. The van der Waals surface area contributed by atoms with E-state index in [1.54, 1.807) is 27.4 Å². The normalized spacial score (nSPS) is 17.4. The highest BCUT2D eigenvalue weighted by Crippen LogP contribution is 2.31. The highest BCUT2D eigenvalue weighted by Gasteiger charge is 2.30. The maximum absolute atomic E-state index is 13.4. The molecule has 1 amide bonds. The lowest BCUT2D eigenvalue weighted by Crippen LogP contribution is -2.48. The molecule has 1 fully saturated rings. The van der Waals surface area contributed by atoms with Crippen molar-refractivity contribution in [3.63, 3.8) is 0 Å². The fraction of sp³-hybridized carbons (Fsp3) is 0.296. The topological polar surface area (TPSA) is 60.9 Å². The molecule has 0 aromatic heterocycles. The number of anilines is 1. The molecule has 0 N–H and O–H groups in total. The van der Waals surface area contributed by atoms with Crippen LogP contribution in [0.15, 0.2) is 83.8 Å². The summed E-state index contributed by atoms with van der Waals surface area (Å²) in [5.41, 5.74) is 3.61. The minimum Gasteiger partial charge on any atom is -0.308 e. The molecule has 2 aliphatic heterocycles. The van der Waals surface area contributed by atoms with E-state index >= 15 is 0 Å². The van der Waals surface area contributed by atoms with Crippen molar-refractivity contribution in [2.75, 3.05) is 37.6 Å². The summed E-state index contributed by atoms with van der Waals surface area (Å²) in [6.45, 7) is 3.83. The number of aryl methyl sites for hydroxylation is 1. The zero-order valence-corrected chi connectivity index (χ0v) is 20.0. The number of amides is 1. The van der Waals surface area contributed by atoms with Gasteiger partial charge in [0, 0.05) is 50.5 Å². The Balaban J connectivity index is 1.30. The van der Waals surface area contributed by atoms with Crippen LogP contribution in [0.4, 0.5) is 5.69 Å². The average Bonchev–Trinajstić information content (AvgIpc) is 2.89. The van der Waals surface area contributed by atoms with Gasteiger partial charge in [-0.25, -0.2) is 8.42 Å². The largest absolute Gasteiger partial charge is 0.308 e. The van der Waals surface area contributed by atoms with Gasteiger partial charge in [-0.1, -0.05) is 48.5 Å². The third-order valence-electron chi connectivity index (χ3n) is 6.65. The van der Waals surface area contributed by atoms with Crippen LogP contribution in [0.5, 0.6) is 0 Å². The molecule has 0 spiro atoms. The summed E-state index contributed by atoms with van der Waals surface area (Å²) >= 11 is 0. The van der Waals surface area contributed by atoms with Crippen molar-refractivity contribution in [2.45, 2.75) is 24.3 Å². The summed E-state index contributed by atoms with van der Waals surface area (Å²) in [6, 6.07) is 24.7. The van der Waals surface area contributed by atoms with Gasteiger partial charge in [-0.05, 0) is 54.3 Å². The second-order valence-electron chi connectivity index (χ2n) is 8.88. The molecule has 2 heterocycles. The third kappa shape index (κ3) is 4.64. The molecule has 176 valence electrons. The van der Waals surface area contributed by atoms with Gasteiger partial charge in [0.1, 0.15) is 0 Å². The molecule has 0 bridgehead atoms. The predicted octanol–water partition coefficient (Wildman–Crippen LogP) is 3.79. The Bertz CT molecular complexity index is 1250. The Kier molecular flexibility index (Phi) is 6.50. The SMILES string of the molecule is O=C(c1ccccc1)N1CCCc2cc(S(=O)(=O)N3CCN(Cc4ccccc4)CC3)ccc21. The summed E-state index contributed by atoms with van der Waals surface area (Å²) in [5, 5.41) is 0. The fourth-order valence-electron chi connectivity index (χ4n) is 4.80. The highest BCUT2D eigenvalue weighted by atomic mass is 32.2. The first-order valence-electron chi connectivity index (χ1n) is 11.8. The molecule has 5 rings (SSSR count). The van der Waals surface area contributed by atoms with Crippen LogP contribution in [0, 0.1) is 0 Å². The van der Waals surface area contributed by atoms with Crippen LogP contribution in [0.3, 0.4) is 0 Å². The number of sulfonamides is 1. The van der Waals surface area contributed by atoms with Gasteiger partial charge in [0.15, 0.2) is 0 Å². The maximum atomic E-state index is 13.4. The molecule has 7 heteroatoms. The fourth-order valence-corrected chi connectivity index (χ4v) is 6.27. The Labute approximate surface area is 201 Å². The molecule has 0 atom stereocenters. The van der Waals surface area contributed by atoms with Gasteiger partial charge in [-0.2, -0.15) is 4.31 Å². The van der Waals surface area contributed by atoms with Gasteiger partial charge < -0.3 is 4.90 Å². The van der Waals surface area contributed by atoms with Crippen molar-refractivity contribution < 1.29 is 13.2 Å². The number of hydrogen-bond acceptors (Lipinski definition) is 4. The van der Waals surface area contributed by atoms with Crippen LogP contribution in [0.2, 0.25) is 0 Å². The van der Waals surface area contributed by atoms with E-state index in [0.717, 1.165) is 30.6 Å². The van der Waals surface area contributed by atoms with Crippen LogP contribution in [0.1, 0.15) is 27.9 Å². The van der Waals surface area contributed by atoms with Gasteiger partial charge in [0.05, 0.1) is 4.90 Å². The van der Waals surface area contributed by atoms with Crippen LogP contribution in [-0.4, -0.2) is 56.3 Å². The Morgan fingerprint density at radius 1 is 0.794 bits per heavy atom. The Morgan fingerprint density at radius 2 is 1.47 bits per heavy atom. The number of carbonyl (C=O) groups excluding carboxylic acids is 1. The Morgan fingerprint density at radius 3 is 2.18 bits per heavy atom. The molecule has 0 saturated carbocycles. The van der Waals surface area contributed by atoms with Crippen LogP contribution < -0.4 is 4.90 Å². The second-order valence-corrected chi connectivity index (χ2v) is 10.8. The monoisotopic (exact) mass is 475 g/mol. The molecule has 0 radical (unpaired) electrons. The lowest BCUT2D eigenvalue weighted by Gasteiger charge is -2.34. The van der Waals surface area contributed by atoms with Crippen LogP contribution in [-0.2, 0) is 23.0 Å². The standard InChI is InChI=1S/C27H29N3O3S/c31-27(23-10-5-2-6-11-23)30-15-7-12-24-20-25(13-14-26(24)30)34(32,33)29-18-16-28(17-19-29)21-22-8-3-1-4-9-22/h1-6,8-11,13-14,20H,7,12,15-19,21H2. The molecule has 3 aromatic rings. The number of fused-ring (bicyclic) bond motifs is 1. The number of hydrogen-bond donors (Lipinski definition) is 0.